The van der Waals surface area contributed by atoms with E-state index >= 15 is 0 Å². The van der Waals surface area contributed by atoms with Crippen molar-refractivity contribution in [2.24, 2.45) is 0 Å². The van der Waals surface area contributed by atoms with Crippen LogP contribution in [0.25, 0.3) is 0 Å². The van der Waals surface area contributed by atoms with Crippen LogP contribution in [0.1, 0.15) is 56.7 Å². The van der Waals surface area contributed by atoms with Gasteiger partial charge in [-0.15, -0.1) is 11.3 Å². The molecule has 1 aromatic heterocycles. The molecule has 0 saturated carbocycles. The van der Waals surface area contributed by atoms with E-state index in [1.807, 2.05) is 12.1 Å². The summed E-state index contributed by atoms with van der Waals surface area (Å²) in [7, 11) is 3.87. The van der Waals surface area contributed by atoms with Crippen LogP contribution in [0.3, 0.4) is 0 Å². The third-order valence-corrected chi connectivity index (χ3v) is 6.31. The molecule has 3 aromatic rings. The van der Waals surface area contributed by atoms with Gasteiger partial charge < -0.3 is 15.0 Å². The Bertz CT molecular complexity index is 890. The normalized spacial score (nSPS) is 10.8. The van der Waals surface area contributed by atoms with E-state index in [0.717, 1.165) is 35.2 Å². The number of nitrogens with one attached hydrogen (secondary N) is 1. The van der Waals surface area contributed by atoms with Crippen LogP contribution in [0.5, 0.6) is 5.75 Å². The molecule has 0 fully saturated rings. The molecule has 0 spiro atoms. The molecular weight excluding hydrogens is 402 g/mol. The first-order valence-corrected chi connectivity index (χ1v) is 12.2. The van der Waals surface area contributed by atoms with E-state index in [0.29, 0.717) is 0 Å². The van der Waals surface area contributed by atoms with Crippen molar-refractivity contribution in [3.8, 4) is 5.75 Å². The van der Waals surface area contributed by atoms with Crippen LogP contribution in [0, 0.1) is 0 Å². The second kappa shape index (κ2) is 12.4. The first-order chi connectivity index (χ1) is 15.2. The molecule has 2 aromatic carbocycles. The van der Waals surface area contributed by atoms with Gasteiger partial charge in [-0.1, -0.05) is 51.2 Å². The Morgan fingerprint density at radius 3 is 2.35 bits per heavy atom. The third-order valence-electron chi connectivity index (χ3n) is 5.50. The molecule has 0 saturated heterocycles. The van der Waals surface area contributed by atoms with Crippen LogP contribution >= 0.6 is 11.3 Å². The van der Waals surface area contributed by atoms with Crippen LogP contribution < -0.4 is 15.0 Å². The highest BCUT2D eigenvalue weighted by atomic mass is 32.1. The molecule has 0 aliphatic carbocycles. The van der Waals surface area contributed by atoms with Gasteiger partial charge in [-0.3, -0.25) is 0 Å². The smallest absolute Gasteiger partial charge is 0.187 e. The van der Waals surface area contributed by atoms with Crippen molar-refractivity contribution in [3.63, 3.8) is 0 Å². The SMILES string of the molecule is CCCCCCCCN(C)c1ccc(Nc2nc(Cc3ccc(OC)cc3)cs2)cc1. The molecule has 31 heavy (non-hydrogen) atoms. The fourth-order valence-electron chi connectivity index (χ4n) is 3.58. The fraction of sp³-hybridized carbons (Fsp3) is 0.423. The molecule has 3 rings (SSSR count). The van der Waals surface area contributed by atoms with Gasteiger partial charge in [0.25, 0.3) is 0 Å². The van der Waals surface area contributed by atoms with Crippen molar-refractivity contribution in [1.29, 1.82) is 0 Å². The van der Waals surface area contributed by atoms with Crippen LogP contribution in [-0.4, -0.2) is 25.7 Å². The van der Waals surface area contributed by atoms with E-state index in [-0.39, 0.29) is 0 Å². The van der Waals surface area contributed by atoms with Crippen molar-refractivity contribution >= 4 is 27.8 Å². The fourth-order valence-corrected chi connectivity index (χ4v) is 4.31. The Morgan fingerprint density at radius 2 is 1.65 bits per heavy atom. The molecule has 0 atom stereocenters. The molecule has 0 bridgehead atoms. The molecule has 0 radical (unpaired) electrons. The number of anilines is 3. The summed E-state index contributed by atoms with van der Waals surface area (Å²) in [4.78, 5) is 7.08. The topological polar surface area (TPSA) is 37.4 Å². The molecule has 4 nitrogen and oxygen atoms in total. The summed E-state index contributed by atoms with van der Waals surface area (Å²) in [6.07, 6.45) is 8.82. The van der Waals surface area contributed by atoms with E-state index in [1.54, 1.807) is 18.4 Å². The van der Waals surface area contributed by atoms with Crippen molar-refractivity contribution in [2.75, 3.05) is 30.9 Å². The molecule has 1 N–H and O–H groups in total. The van der Waals surface area contributed by atoms with Crippen LogP contribution in [-0.2, 0) is 6.42 Å². The van der Waals surface area contributed by atoms with E-state index in [9.17, 15) is 0 Å². The second-order valence-corrected chi connectivity index (χ2v) is 8.89. The molecule has 1 heterocycles. The van der Waals surface area contributed by atoms with Gasteiger partial charge in [-0.05, 0) is 48.4 Å². The minimum Gasteiger partial charge on any atom is -0.497 e. The van der Waals surface area contributed by atoms with Crippen molar-refractivity contribution < 1.29 is 4.74 Å². The highest BCUT2D eigenvalue weighted by Crippen LogP contribution is 2.25. The quantitative estimate of drug-likeness (QED) is 0.285. The largest absolute Gasteiger partial charge is 0.497 e. The Labute approximate surface area is 191 Å². The zero-order valence-corrected chi connectivity index (χ0v) is 19.9. The van der Waals surface area contributed by atoms with Gasteiger partial charge in [-0.25, -0.2) is 4.98 Å². The lowest BCUT2D eigenvalue weighted by Gasteiger charge is -2.19. The molecule has 0 aliphatic rings. The van der Waals surface area contributed by atoms with E-state index < -0.39 is 0 Å². The highest BCUT2D eigenvalue weighted by Gasteiger charge is 2.06. The molecule has 5 heteroatoms. The number of nitrogens with zero attached hydrogens (tertiary/aromatic N) is 2. The van der Waals surface area contributed by atoms with Gasteiger partial charge in [0.05, 0.1) is 12.8 Å². The Morgan fingerprint density at radius 1 is 0.935 bits per heavy atom. The maximum absolute atomic E-state index is 5.22. The number of benzene rings is 2. The van der Waals surface area contributed by atoms with Gasteiger partial charge in [0.15, 0.2) is 5.13 Å². The summed E-state index contributed by atoms with van der Waals surface area (Å²) >= 11 is 1.64. The number of methoxy groups -OCH3 is 1. The summed E-state index contributed by atoms with van der Waals surface area (Å²) in [5.74, 6) is 0.880. The van der Waals surface area contributed by atoms with Gasteiger partial charge in [0.1, 0.15) is 5.75 Å². The van der Waals surface area contributed by atoms with E-state index in [1.165, 1.54) is 49.8 Å². The van der Waals surface area contributed by atoms with Crippen molar-refractivity contribution in [3.05, 3.63) is 65.2 Å². The lowest BCUT2D eigenvalue weighted by molar-refractivity contribution is 0.414. The summed E-state index contributed by atoms with van der Waals surface area (Å²) < 4.78 is 5.22. The molecule has 0 unspecified atom stereocenters. The molecule has 0 amide bonds. The lowest BCUT2D eigenvalue weighted by Crippen LogP contribution is -2.18. The van der Waals surface area contributed by atoms with Gasteiger partial charge >= 0.3 is 0 Å². The van der Waals surface area contributed by atoms with E-state index in [2.05, 4.69) is 66.0 Å². The summed E-state index contributed by atoms with van der Waals surface area (Å²) in [6.45, 7) is 3.38. The van der Waals surface area contributed by atoms with Gasteiger partial charge in [0, 0.05) is 36.8 Å². The molecular formula is C26H35N3OS. The Balaban J connectivity index is 1.46. The highest BCUT2D eigenvalue weighted by molar-refractivity contribution is 7.13. The summed E-state index contributed by atoms with van der Waals surface area (Å²) in [5.41, 5.74) is 4.64. The summed E-state index contributed by atoms with van der Waals surface area (Å²) in [5, 5.41) is 6.48. The number of aromatic nitrogens is 1. The van der Waals surface area contributed by atoms with Gasteiger partial charge in [0.2, 0.25) is 0 Å². The first-order valence-electron chi connectivity index (χ1n) is 11.3. The first kappa shape index (κ1) is 23.1. The van der Waals surface area contributed by atoms with Gasteiger partial charge in [-0.2, -0.15) is 0 Å². The minimum atomic E-state index is 0.824. The Kier molecular flexibility index (Phi) is 9.22. The van der Waals surface area contributed by atoms with E-state index in [4.69, 9.17) is 9.72 Å². The number of rotatable bonds is 13. The predicted molar refractivity (Wildman–Crippen MR) is 134 cm³/mol. The van der Waals surface area contributed by atoms with Crippen LogP contribution in [0.15, 0.2) is 53.9 Å². The minimum absolute atomic E-state index is 0.824. The van der Waals surface area contributed by atoms with Crippen molar-refractivity contribution in [2.45, 2.75) is 51.9 Å². The van der Waals surface area contributed by atoms with Crippen molar-refractivity contribution in [1.82, 2.24) is 4.98 Å². The average Bonchev–Trinajstić information content (AvgIpc) is 3.23. The average molecular weight is 438 g/mol. The lowest BCUT2D eigenvalue weighted by atomic mass is 10.1. The number of hydrogen-bond donors (Lipinski definition) is 1. The number of hydrogen-bond acceptors (Lipinski definition) is 5. The monoisotopic (exact) mass is 437 g/mol. The summed E-state index contributed by atoms with van der Waals surface area (Å²) in [6, 6.07) is 16.8. The Hall–Kier alpha value is -2.53. The number of unbranched alkanes of at least 4 members (excludes halogenated alkanes) is 5. The maximum Gasteiger partial charge on any atom is 0.187 e. The maximum atomic E-state index is 5.22. The third kappa shape index (κ3) is 7.59. The zero-order chi connectivity index (χ0) is 21.9. The number of ether oxygens (including phenoxy) is 1. The van der Waals surface area contributed by atoms with Crippen LogP contribution in [0.2, 0.25) is 0 Å². The zero-order valence-electron chi connectivity index (χ0n) is 19.1. The standard InChI is InChI=1S/C26H35N3OS/c1-4-5-6-7-8-9-18-29(2)24-14-12-22(13-15-24)27-26-28-23(20-31-26)19-21-10-16-25(30-3)17-11-21/h10-17,20H,4-9,18-19H2,1-3H3,(H,27,28). The molecule has 0 aliphatic heterocycles. The van der Waals surface area contributed by atoms with Crippen LogP contribution in [0.4, 0.5) is 16.5 Å². The molecule has 166 valence electrons. The predicted octanol–water partition coefficient (Wildman–Crippen LogP) is 7.28. The number of thiazole rings is 1. The second-order valence-electron chi connectivity index (χ2n) is 8.03.